The normalized spacial score (nSPS) is 15.2. The molecule has 28 heavy (non-hydrogen) atoms. The molecule has 1 amide bonds. The third kappa shape index (κ3) is 4.72. The summed E-state index contributed by atoms with van der Waals surface area (Å²) in [4.78, 5) is 12.7. The number of hydrogen-bond acceptors (Lipinski definition) is 4. The molecule has 0 bridgehead atoms. The highest BCUT2D eigenvalue weighted by atomic mass is 32.2. The Hall–Kier alpha value is -2.38. The number of rotatable bonds is 6. The van der Waals surface area contributed by atoms with Crippen LogP contribution in [0.3, 0.4) is 0 Å². The molecule has 2 aromatic rings. The SMILES string of the molecule is COc1ccc(C(=O)Nc2ccccc2C)cc1S(=O)(=O)NC1CCCCC1. The Morgan fingerprint density at radius 3 is 2.46 bits per heavy atom. The molecule has 0 aromatic heterocycles. The number of anilines is 1. The lowest BCUT2D eigenvalue weighted by atomic mass is 9.96. The number of amides is 1. The average molecular weight is 403 g/mol. The average Bonchev–Trinajstić information content (AvgIpc) is 2.69. The van der Waals surface area contributed by atoms with Gasteiger partial charge in [-0.15, -0.1) is 0 Å². The maximum Gasteiger partial charge on any atom is 0.255 e. The monoisotopic (exact) mass is 402 g/mol. The number of para-hydroxylation sites is 1. The number of aryl methyl sites for hydroxylation is 1. The molecule has 0 unspecified atom stereocenters. The first kappa shape index (κ1) is 20.4. The predicted octanol–water partition coefficient (Wildman–Crippen LogP) is 3.87. The minimum absolute atomic E-state index is 0.0157. The van der Waals surface area contributed by atoms with E-state index in [-0.39, 0.29) is 28.2 Å². The molecule has 0 heterocycles. The van der Waals surface area contributed by atoms with Crippen molar-refractivity contribution in [1.29, 1.82) is 0 Å². The Balaban J connectivity index is 1.87. The molecule has 0 aliphatic heterocycles. The molecule has 7 heteroatoms. The van der Waals surface area contributed by atoms with Crippen LogP contribution in [0.2, 0.25) is 0 Å². The van der Waals surface area contributed by atoms with Gasteiger partial charge in [-0.25, -0.2) is 13.1 Å². The largest absolute Gasteiger partial charge is 0.495 e. The highest BCUT2D eigenvalue weighted by Crippen LogP contribution is 2.27. The number of carbonyl (C=O) groups excluding carboxylic acids is 1. The Labute approximate surface area is 166 Å². The fourth-order valence-electron chi connectivity index (χ4n) is 3.44. The van der Waals surface area contributed by atoms with Crippen molar-refractivity contribution in [2.75, 3.05) is 12.4 Å². The summed E-state index contributed by atoms with van der Waals surface area (Å²) >= 11 is 0. The second-order valence-corrected chi connectivity index (χ2v) is 8.77. The zero-order chi connectivity index (χ0) is 20.1. The Morgan fingerprint density at radius 2 is 1.79 bits per heavy atom. The molecule has 6 nitrogen and oxygen atoms in total. The van der Waals surface area contributed by atoms with Crippen LogP contribution in [0.4, 0.5) is 5.69 Å². The summed E-state index contributed by atoms with van der Waals surface area (Å²) in [7, 11) is -2.38. The topological polar surface area (TPSA) is 84.5 Å². The van der Waals surface area contributed by atoms with Crippen LogP contribution in [0.5, 0.6) is 5.75 Å². The van der Waals surface area contributed by atoms with Gasteiger partial charge in [-0.3, -0.25) is 4.79 Å². The van der Waals surface area contributed by atoms with Gasteiger partial charge in [-0.1, -0.05) is 37.5 Å². The maximum atomic E-state index is 12.9. The fraction of sp³-hybridized carbons (Fsp3) is 0.381. The van der Waals surface area contributed by atoms with E-state index in [9.17, 15) is 13.2 Å². The summed E-state index contributed by atoms with van der Waals surface area (Å²) < 4.78 is 33.9. The fourth-order valence-corrected chi connectivity index (χ4v) is 4.94. The quantitative estimate of drug-likeness (QED) is 0.768. The van der Waals surface area contributed by atoms with Gasteiger partial charge >= 0.3 is 0 Å². The van der Waals surface area contributed by atoms with Crippen LogP contribution in [0.1, 0.15) is 48.0 Å². The minimum atomic E-state index is -3.79. The van der Waals surface area contributed by atoms with E-state index in [2.05, 4.69) is 10.0 Å². The third-order valence-corrected chi connectivity index (χ3v) is 6.58. The van der Waals surface area contributed by atoms with Crippen LogP contribution in [0.15, 0.2) is 47.4 Å². The van der Waals surface area contributed by atoms with Crippen molar-refractivity contribution in [3.8, 4) is 5.75 Å². The third-order valence-electron chi connectivity index (χ3n) is 5.04. The highest BCUT2D eigenvalue weighted by Gasteiger charge is 2.26. The van der Waals surface area contributed by atoms with E-state index in [0.29, 0.717) is 5.69 Å². The number of nitrogens with one attached hydrogen (secondary N) is 2. The van der Waals surface area contributed by atoms with Gasteiger partial charge in [0, 0.05) is 17.3 Å². The minimum Gasteiger partial charge on any atom is -0.495 e. The maximum absolute atomic E-state index is 12.9. The molecular formula is C21H26N2O4S. The lowest BCUT2D eigenvalue weighted by Gasteiger charge is -2.23. The summed E-state index contributed by atoms with van der Waals surface area (Å²) in [6.45, 7) is 1.90. The second kappa shape index (κ2) is 8.75. The molecule has 1 aliphatic carbocycles. The van der Waals surface area contributed by atoms with E-state index in [1.165, 1.54) is 19.2 Å². The van der Waals surface area contributed by atoms with Crippen LogP contribution < -0.4 is 14.8 Å². The van der Waals surface area contributed by atoms with Crippen molar-refractivity contribution in [3.63, 3.8) is 0 Å². The molecule has 2 N–H and O–H groups in total. The summed E-state index contributed by atoms with van der Waals surface area (Å²) in [6, 6.07) is 11.8. The van der Waals surface area contributed by atoms with Crippen molar-refractivity contribution >= 4 is 21.6 Å². The summed E-state index contributed by atoms with van der Waals surface area (Å²) in [5.74, 6) is -0.151. The Kier molecular flexibility index (Phi) is 6.36. The van der Waals surface area contributed by atoms with Gasteiger partial charge in [0.25, 0.3) is 5.91 Å². The Morgan fingerprint density at radius 1 is 1.07 bits per heavy atom. The molecule has 2 aromatic carbocycles. The number of methoxy groups -OCH3 is 1. The number of ether oxygens (including phenoxy) is 1. The van der Waals surface area contributed by atoms with Gasteiger partial charge in [0.2, 0.25) is 10.0 Å². The van der Waals surface area contributed by atoms with Gasteiger partial charge < -0.3 is 10.1 Å². The van der Waals surface area contributed by atoms with Gasteiger partial charge in [-0.2, -0.15) is 0 Å². The zero-order valence-corrected chi connectivity index (χ0v) is 17.0. The van der Waals surface area contributed by atoms with Crippen LogP contribution >= 0.6 is 0 Å². The molecular weight excluding hydrogens is 376 g/mol. The summed E-state index contributed by atoms with van der Waals surface area (Å²) in [5.41, 5.74) is 1.87. The molecule has 0 atom stereocenters. The Bertz CT molecular complexity index is 951. The number of sulfonamides is 1. The molecule has 0 spiro atoms. The molecule has 1 aliphatic rings. The van der Waals surface area contributed by atoms with Crippen LogP contribution in [-0.4, -0.2) is 27.5 Å². The summed E-state index contributed by atoms with van der Waals surface area (Å²) in [6.07, 6.45) is 4.83. The lowest BCUT2D eigenvalue weighted by Crippen LogP contribution is -2.36. The van der Waals surface area contributed by atoms with Crippen molar-refractivity contribution in [2.24, 2.45) is 0 Å². The summed E-state index contributed by atoms with van der Waals surface area (Å²) in [5, 5.41) is 2.83. The zero-order valence-electron chi connectivity index (χ0n) is 16.2. The predicted molar refractivity (Wildman–Crippen MR) is 109 cm³/mol. The highest BCUT2D eigenvalue weighted by molar-refractivity contribution is 7.89. The van der Waals surface area contributed by atoms with E-state index in [0.717, 1.165) is 37.7 Å². The van der Waals surface area contributed by atoms with E-state index in [1.54, 1.807) is 12.1 Å². The molecule has 0 radical (unpaired) electrons. The van der Waals surface area contributed by atoms with Crippen LogP contribution in [0.25, 0.3) is 0 Å². The number of carbonyl (C=O) groups is 1. The molecule has 3 rings (SSSR count). The standard InChI is InChI=1S/C21H26N2O4S/c1-15-8-6-7-11-18(15)22-21(24)16-12-13-19(27-2)20(14-16)28(25,26)23-17-9-4-3-5-10-17/h6-8,11-14,17,23H,3-5,9-10H2,1-2H3,(H,22,24). The van der Waals surface area contributed by atoms with Crippen molar-refractivity contribution in [3.05, 3.63) is 53.6 Å². The van der Waals surface area contributed by atoms with Crippen LogP contribution in [-0.2, 0) is 10.0 Å². The molecule has 150 valence electrons. The van der Waals surface area contributed by atoms with Crippen molar-refractivity contribution in [1.82, 2.24) is 4.72 Å². The molecule has 1 fully saturated rings. The van der Waals surface area contributed by atoms with Gasteiger partial charge in [-0.05, 0) is 49.6 Å². The van der Waals surface area contributed by atoms with Gasteiger partial charge in [0.1, 0.15) is 10.6 Å². The van der Waals surface area contributed by atoms with Crippen LogP contribution in [0, 0.1) is 6.92 Å². The number of benzene rings is 2. The van der Waals surface area contributed by atoms with E-state index in [4.69, 9.17) is 4.74 Å². The first-order valence-electron chi connectivity index (χ1n) is 9.48. The lowest BCUT2D eigenvalue weighted by molar-refractivity contribution is 0.102. The first-order valence-corrected chi connectivity index (χ1v) is 11.0. The molecule has 0 saturated heterocycles. The molecule has 1 saturated carbocycles. The smallest absolute Gasteiger partial charge is 0.255 e. The van der Waals surface area contributed by atoms with Gasteiger partial charge in [0.05, 0.1) is 7.11 Å². The number of hydrogen-bond donors (Lipinski definition) is 2. The van der Waals surface area contributed by atoms with E-state index in [1.807, 2.05) is 25.1 Å². The van der Waals surface area contributed by atoms with Crippen molar-refractivity contribution < 1.29 is 17.9 Å². The van der Waals surface area contributed by atoms with Crippen molar-refractivity contribution in [2.45, 2.75) is 50.0 Å². The van der Waals surface area contributed by atoms with E-state index < -0.39 is 10.0 Å². The van der Waals surface area contributed by atoms with E-state index >= 15 is 0 Å². The second-order valence-electron chi connectivity index (χ2n) is 7.09. The first-order chi connectivity index (χ1) is 13.4. The van der Waals surface area contributed by atoms with Gasteiger partial charge in [0.15, 0.2) is 0 Å².